The van der Waals surface area contributed by atoms with Crippen molar-refractivity contribution in [3.8, 4) is 0 Å². The summed E-state index contributed by atoms with van der Waals surface area (Å²) in [6.07, 6.45) is 1.86. The Bertz CT molecular complexity index is 968. The molecule has 3 aromatic carbocycles. The minimum Gasteiger partial charge on any atom is -0.298 e. The molecule has 0 aromatic heterocycles. The highest BCUT2D eigenvalue weighted by Gasteiger charge is 2.15. The molecule has 0 heterocycles. The fourth-order valence-electron chi connectivity index (χ4n) is 3.01. The molecule has 0 saturated carbocycles. The van der Waals surface area contributed by atoms with E-state index in [2.05, 4.69) is 17.0 Å². The SMILES string of the molecule is CN(C/C(=C\c1ccc(Cl)cc1Cl)C(=O)c1ccccc1)Cc1ccccc1. The lowest BCUT2D eigenvalue weighted by Crippen LogP contribution is -2.24. The van der Waals surface area contributed by atoms with Gasteiger partial charge < -0.3 is 0 Å². The van der Waals surface area contributed by atoms with Gasteiger partial charge in [-0.05, 0) is 36.4 Å². The highest BCUT2D eigenvalue weighted by molar-refractivity contribution is 6.35. The Morgan fingerprint density at radius 2 is 1.57 bits per heavy atom. The van der Waals surface area contributed by atoms with Crippen LogP contribution in [-0.2, 0) is 6.54 Å². The number of Topliss-reactive ketones (excluding diaryl/α,β-unsaturated/α-hetero) is 1. The Kier molecular flexibility index (Phi) is 7.05. The normalized spacial score (nSPS) is 11.6. The van der Waals surface area contributed by atoms with Crippen LogP contribution >= 0.6 is 23.2 Å². The van der Waals surface area contributed by atoms with E-state index in [1.165, 1.54) is 5.56 Å². The molecule has 0 radical (unpaired) electrons. The van der Waals surface area contributed by atoms with Gasteiger partial charge in [0.15, 0.2) is 5.78 Å². The Labute approximate surface area is 176 Å². The summed E-state index contributed by atoms with van der Waals surface area (Å²) in [7, 11) is 2.00. The maximum Gasteiger partial charge on any atom is 0.190 e. The molecular weight excluding hydrogens is 389 g/mol. The van der Waals surface area contributed by atoms with E-state index in [4.69, 9.17) is 23.2 Å². The van der Waals surface area contributed by atoms with Crippen LogP contribution in [-0.4, -0.2) is 24.3 Å². The number of hydrogen-bond donors (Lipinski definition) is 0. The Morgan fingerprint density at radius 3 is 2.21 bits per heavy atom. The van der Waals surface area contributed by atoms with Crippen molar-refractivity contribution in [1.82, 2.24) is 4.90 Å². The number of hydrogen-bond acceptors (Lipinski definition) is 2. The largest absolute Gasteiger partial charge is 0.298 e. The van der Waals surface area contributed by atoms with Crippen molar-refractivity contribution in [3.05, 3.63) is 111 Å². The molecule has 3 aromatic rings. The summed E-state index contributed by atoms with van der Waals surface area (Å²) in [6, 6.07) is 24.8. The molecule has 4 heteroatoms. The Morgan fingerprint density at radius 1 is 0.929 bits per heavy atom. The molecule has 0 unspecified atom stereocenters. The number of nitrogens with zero attached hydrogens (tertiary/aromatic N) is 1. The predicted molar refractivity (Wildman–Crippen MR) is 118 cm³/mol. The summed E-state index contributed by atoms with van der Waals surface area (Å²) >= 11 is 12.3. The molecule has 0 saturated heterocycles. The molecule has 0 amide bonds. The van der Waals surface area contributed by atoms with Gasteiger partial charge in [0.25, 0.3) is 0 Å². The lowest BCUT2D eigenvalue weighted by Gasteiger charge is -2.19. The second-order valence-electron chi connectivity index (χ2n) is 6.69. The summed E-state index contributed by atoms with van der Waals surface area (Å²) in [5.74, 6) is -0.00784. The van der Waals surface area contributed by atoms with Crippen molar-refractivity contribution in [3.63, 3.8) is 0 Å². The van der Waals surface area contributed by atoms with Gasteiger partial charge in [-0.15, -0.1) is 0 Å². The van der Waals surface area contributed by atoms with Crippen molar-refractivity contribution in [2.45, 2.75) is 6.54 Å². The van der Waals surface area contributed by atoms with Crippen molar-refractivity contribution in [1.29, 1.82) is 0 Å². The molecule has 0 spiro atoms. The van der Waals surface area contributed by atoms with Gasteiger partial charge in [-0.2, -0.15) is 0 Å². The number of carbonyl (C=O) groups is 1. The molecule has 142 valence electrons. The molecule has 0 bridgehead atoms. The van der Waals surface area contributed by atoms with Gasteiger partial charge in [-0.3, -0.25) is 9.69 Å². The maximum absolute atomic E-state index is 13.2. The highest BCUT2D eigenvalue weighted by Crippen LogP contribution is 2.24. The molecule has 0 aliphatic rings. The van der Waals surface area contributed by atoms with Crippen LogP contribution in [0.25, 0.3) is 6.08 Å². The average molecular weight is 410 g/mol. The van der Waals surface area contributed by atoms with Crippen molar-refractivity contribution >= 4 is 35.1 Å². The molecule has 0 fully saturated rings. The molecule has 0 aliphatic heterocycles. The molecule has 2 nitrogen and oxygen atoms in total. The van der Waals surface area contributed by atoms with E-state index in [1.54, 1.807) is 12.1 Å². The summed E-state index contributed by atoms with van der Waals surface area (Å²) < 4.78 is 0. The van der Waals surface area contributed by atoms with Crippen LogP contribution in [0.2, 0.25) is 10.0 Å². The molecule has 28 heavy (non-hydrogen) atoms. The lowest BCUT2D eigenvalue weighted by molar-refractivity contribution is 0.102. The zero-order chi connectivity index (χ0) is 19.9. The smallest absolute Gasteiger partial charge is 0.190 e. The first kappa shape index (κ1) is 20.3. The third kappa shape index (κ3) is 5.56. The van der Waals surface area contributed by atoms with Crippen LogP contribution in [0.4, 0.5) is 0 Å². The average Bonchev–Trinajstić information content (AvgIpc) is 2.70. The first-order valence-corrected chi connectivity index (χ1v) is 9.76. The van der Waals surface area contributed by atoms with Gasteiger partial charge >= 0.3 is 0 Å². The zero-order valence-corrected chi connectivity index (χ0v) is 17.1. The van der Waals surface area contributed by atoms with Crippen LogP contribution in [0, 0.1) is 0 Å². The van der Waals surface area contributed by atoms with E-state index in [0.29, 0.717) is 27.7 Å². The van der Waals surface area contributed by atoms with Crippen LogP contribution in [0.1, 0.15) is 21.5 Å². The fourth-order valence-corrected chi connectivity index (χ4v) is 3.47. The number of benzene rings is 3. The first-order valence-electron chi connectivity index (χ1n) is 9.01. The van der Waals surface area contributed by atoms with Crippen LogP contribution in [0.5, 0.6) is 0 Å². The Balaban J connectivity index is 1.89. The van der Waals surface area contributed by atoms with Crippen LogP contribution in [0.3, 0.4) is 0 Å². The van der Waals surface area contributed by atoms with E-state index in [9.17, 15) is 4.79 Å². The fraction of sp³-hybridized carbons (Fsp3) is 0.125. The highest BCUT2D eigenvalue weighted by atomic mass is 35.5. The molecule has 0 atom stereocenters. The van der Waals surface area contributed by atoms with Gasteiger partial charge in [0, 0.05) is 34.3 Å². The van der Waals surface area contributed by atoms with Gasteiger partial charge in [0.05, 0.1) is 0 Å². The van der Waals surface area contributed by atoms with E-state index < -0.39 is 0 Å². The second-order valence-corrected chi connectivity index (χ2v) is 7.53. The van der Waals surface area contributed by atoms with Gasteiger partial charge in [-0.25, -0.2) is 0 Å². The minimum absolute atomic E-state index is 0.00784. The third-order valence-corrected chi connectivity index (χ3v) is 4.92. The molecular formula is C24H21Cl2NO. The topological polar surface area (TPSA) is 20.3 Å². The lowest BCUT2D eigenvalue weighted by atomic mass is 10.00. The zero-order valence-electron chi connectivity index (χ0n) is 15.6. The standard InChI is InChI=1S/C24H21Cl2NO/c1-27(16-18-8-4-2-5-9-18)17-21(24(28)19-10-6-3-7-11-19)14-20-12-13-22(25)15-23(20)26/h2-15H,16-17H2,1H3/b21-14+. The number of likely N-dealkylation sites (N-methyl/N-ethyl adjacent to an activating group) is 1. The summed E-state index contributed by atoms with van der Waals surface area (Å²) in [5, 5.41) is 1.09. The first-order chi connectivity index (χ1) is 13.5. The van der Waals surface area contributed by atoms with Gasteiger partial charge in [0.2, 0.25) is 0 Å². The van der Waals surface area contributed by atoms with Crippen LogP contribution in [0.15, 0.2) is 84.4 Å². The Hall–Kier alpha value is -2.39. The minimum atomic E-state index is -0.00784. The third-order valence-electron chi connectivity index (χ3n) is 4.36. The van der Waals surface area contributed by atoms with E-state index >= 15 is 0 Å². The number of rotatable bonds is 7. The number of ketones is 1. The summed E-state index contributed by atoms with van der Waals surface area (Å²) in [5.41, 5.74) is 3.31. The summed E-state index contributed by atoms with van der Waals surface area (Å²) in [4.78, 5) is 15.3. The monoisotopic (exact) mass is 409 g/mol. The van der Waals surface area contributed by atoms with Crippen molar-refractivity contribution < 1.29 is 4.79 Å². The van der Waals surface area contributed by atoms with Gasteiger partial charge in [0.1, 0.15) is 0 Å². The molecule has 0 aliphatic carbocycles. The van der Waals surface area contributed by atoms with Crippen molar-refractivity contribution in [2.75, 3.05) is 13.6 Å². The van der Waals surface area contributed by atoms with E-state index in [1.807, 2.05) is 67.7 Å². The molecule has 3 rings (SSSR count). The maximum atomic E-state index is 13.2. The van der Waals surface area contributed by atoms with Gasteiger partial charge in [-0.1, -0.05) is 89.9 Å². The van der Waals surface area contributed by atoms with E-state index in [0.717, 1.165) is 12.1 Å². The quantitative estimate of drug-likeness (QED) is 0.332. The summed E-state index contributed by atoms with van der Waals surface area (Å²) in [6.45, 7) is 1.25. The van der Waals surface area contributed by atoms with Crippen LogP contribution < -0.4 is 0 Å². The molecule has 0 N–H and O–H groups in total. The second kappa shape index (κ2) is 9.70. The van der Waals surface area contributed by atoms with E-state index in [-0.39, 0.29) is 5.78 Å². The van der Waals surface area contributed by atoms with Crippen molar-refractivity contribution in [2.24, 2.45) is 0 Å². The predicted octanol–water partition coefficient (Wildman–Crippen LogP) is 6.39. The number of carbonyl (C=O) groups excluding carboxylic acids is 1. The number of halogens is 2.